The van der Waals surface area contributed by atoms with Crippen molar-refractivity contribution in [1.82, 2.24) is 4.90 Å². The number of thiophene rings is 1. The van der Waals surface area contributed by atoms with Crippen molar-refractivity contribution in [3.63, 3.8) is 0 Å². The molecule has 0 spiro atoms. The summed E-state index contributed by atoms with van der Waals surface area (Å²) in [6.45, 7) is 3.05. The summed E-state index contributed by atoms with van der Waals surface area (Å²) in [5.41, 5.74) is 4.52. The smallest absolute Gasteiger partial charge is 0.325 e. The van der Waals surface area contributed by atoms with E-state index in [-0.39, 0.29) is 0 Å². The van der Waals surface area contributed by atoms with Crippen molar-refractivity contribution in [2.45, 2.75) is 6.04 Å². The summed E-state index contributed by atoms with van der Waals surface area (Å²) in [5.74, 6) is -0.788. The van der Waals surface area contributed by atoms with Gasteiger partial charge in [-0.15, -0.1) is 11.3 Å². The van der Waals surface area contributed by atoms with Gasteiger partial charge < -0.3 is 10.0 Å². The molecule has 174 valence electrons. The molecule has 0 aliphatic carbocycles. The molecule has 5 heteroatoms. The Bertz CT molecular complexity index is 1490. The van der Waals surface area contributed by atoms with Gasteiger partial charge in [0.05, 0.1) is 0 Å². The van der Waals surface area contributed by atoms with E-state index in [1.807, 2.05) is 41.7 Å². The van der Waals surface area contributed by atoms with E-state index in [1.165, 1.54) is 37.0 Å². The van der Waals surface area contributed by atoms with Crippen LogP contribution in [-0.4, -0.2) is 42.2 Å². The highest BCUT2D eigenvalue weighted by Crippen LogP contribution is 2.40. The van der Waals surface area contributed by atoms with Crippen LogP contribution in [0.5, 0.6) is 0 Å². The molecule has 1 aliphatic heterocycles. The Labute approximate surface area is 208 Å². The highest BCUT2D eigenvalue weighted by molar-refractivity contribution is 7.26. The average molecular weight is 479 g/mol. The normalized spacial score (nSPS) is 15.5. The van der Waals surface area contributed by atoms with E-state index >= 15 is 0 Å². The summed E-state index contributed by atoms with van der Waals surface area (Å²) < 4.78 is 2.65. The SMILES string of the molecule is O=C(O)C(c1ccccc1)N1CCN(c2ccc(-c3cccc4c3sc3ccccc34)cc2)CC1. The number of benzene rings is 4. The number of carboxylic acid groups (broad SMARTS) is 1. The van der Waals surface area contributed by atoms with Crippen molar-refractivity contribution in [2.24, 2.45) is 0 Å². The lowest BCUT2D eigenvalue weighted by atomic mass is 10.0. The van der Waals surface area contributed by atoms with Gasteiger partial charge in [0.25, 0.3) is 0 Å². The third-order valence-electron chi connectivity index (χ3n) is 6.98. The fourth-order valence-corrected chi connectivity index (χ4v) is 6.45. The minimum absolute atomic E-state index is 0.595. The van der Waals surface area contributed by atoms with Crippen LogP contribution in [0.1, 0.15) is 11.6 Å². The Morgan fingerprint density at radius 1 is 0.743 bits per heavy atom. The molecule has 1 aliphatic rings. The van der Waals surface area contributed by atoms with Crippen molar-refractivity contribution in [2.75, 3.05) is 31.1 Å². The number of rotatable bonds is 5. The second-order valence-corrected chi connectivity index (χ2v) is 10.1. The van der Waals surface area contributed by atoms with Crippen LogP contribution >= 0.6 is 11.3 Å². The van der Waals surface area contributed by atoms with Crippen LogP contribution in [-0.2, 0) is 4.79 Å². The van der Waals surface area contributed by atoms with Crippen LogP contribution in [0.15, 0.2) is 97.1 Å². The van der Waals surface area contributed by atoms with E-state index in [0.717, 1.165) is 18.7 Å². The first kappa shape index (κ1) is 21.8. The Hall–Kier alpha value is -3.67. The minimum atomic E-state index is -0.788. The predicted molar refractivity (Wildman–Crippen MR) is 145 cm³/mol. The number of carbonyl (C=O) groups is 1. The standard InChI is InChI=1S/C30H26N2O2S/c33-30(34)28(22-7-2-1-3-8-22)32-19-17-31(18-20-32)23-15-13-21(14-16-23)24-10-6-11-26-25-9-4-5-12-27(25)35-29(24)26/h1-16,28H,17-20H2,(H,33,34). The van der Waals surface area contributed by atoms with Crippen molar-refractivity contribution in [1.29, 1.82) is 0 Å². The second kappa shape index (κ2) is 9.17. The molecular weight excluding hydrogens is 452 g/mol. The van der Waals surface area contributed by atoms with Gasteiger partial charge in [-0.2, -0.15) is 0 Å². The number of nitrogens with zero attached hydrogens (tertiary/aromatic N) is 2. The van der Waals surface area contributed by atoms with E-state index in [2.05, 4.69) is 76.5 Å². The van der Waals surface area contributed by atoms with E-state index in [1.54, 1.807) is 0 Å². The summed E-state index contributed by atoms with van der Waals surface area (Å²) in [7, 11) is 0. The van der Waals surface area contributed by atoms with Crippen LogP contribution in [0.4, 0.5) is 5.69 Å². The number of carboxylic acids is 1. The second-order valence-electron chi connectivity index (χ2n) is 9.00. The fraction of sp³-hybridized carbons (Fsp3) is 0.167. The number of piperazine rings is 1. The molecule has 4 aromatic carbocycles. The van der Waals surface area contributed by atoms with Crippen molar-refractivity contribution in [3.8, 4) is 11.1 Å². The maximum atomic E-state index is 12.0. The zero-order valence-corrected chi connectivity index (χ0v) is 20.1. The molecule has 1 saturated heterocycles. The summed E-state index contributed by atoms with van der Waals surface area (Å²) in [6, 6.07) is 32.9. The third kappa shape index (κ3) is 4.07. The van der Waals surface area contributed by atoms with Crippen LogP contribution in [0.25, 0.3) is 31.3 Å². The molecule has 0 saturated carbocycles. The molecule has 35 heavy (non-hydrogen) atoms. The number of anilines is 1. The monoisotopic (exact) mass is 478 g/mol. The summed E-state index contributed by atoms with van der Waals surface area (Å²) >= 11 is 1.85. The lowest BCUT2D eigenvalue weighted by Gasteiger charge is -2.39. The molecule has 0 radical (unpaired) electrons. The molecule has 2 heterocycles. The van der Waals surface area contributed by atoms with Crippen molar-refractivity contribution < 1.29 is 9.90 Å². The van der Waals surface area contributed by atoms with Gasteiger partial charge in [0.2, 0.25) is 0 Å². The molecule has 1 unspecified atom stereocenters. The Morgan fingerprint density at radius 3 is 2.17 bits per heavy atom. The van der Waals surface area contributed by atoms with Gasteiger partial charge in [-0.1, -0.05) is 78.9 Å². The van der Waals surface area contributed by atoms with Crippen molar-refractivity contribution >= 4 is 43.2 Å². The van der Waals surface area contributed by atoms with E-state index < -0.39 is 12.0 Å². The first-order valence-electron chi connectivity index (χ1n) is 12.0. The summed E-state index contributed by atoms with van der Waals surface area (Å²) in [4.78, 5) is 16.4. The molecular formula is C30H26N2O2S. The highest BCUT2D eigenvalue weighted by Gasteiger charge is 2.30. The average Bonchev–Trinajstić information content (AvgIpc) is 3.29. The lowest BCUT2D eigenvalue weighted by molar-refractivity contribution is -0.143. The van der Waals surface area contributed by atoms with Crippen LogP contribution in [0.3, 0.4) is 0 Å². The molecule has 4 nitrogen and oxygen atoms in total. The fourth-order valence-electron chi connectivity index (χ4n) is 5.21. The summed E-state index contributed by atoms with van der Waals surface area (Å²) in [5, 5.41) is 12.5. The van der Waals surface area contributed by atoms with Crippen LogP contribution in [0, 0.1) is 0 Å². The number of fused-ring (bicyclic) bond motifs is 3. The van der Waals surface area contributed by atoms with Gasteiger partial charge in [-0.3, -0.25) is 9.69 Å². The number of hydrogen-bond acceptors (Lipinski definition) is 4. The maximum absolute atomic E-state index is 12.0. The molecule has 1 N–H and O–H groups in total. The lowest BCUT2D eigenvalue weighted by Crippen LogP contribution is -2.49. The topological polar surface area (TPSA) is 43.8 Å². The first-order chi connectivity index (χ1) is 17.2. The molecule has 1 aromatic heterocycles. The van der Waals surface area contributed by atoms with E-state index in [0.29, 0.717) is 13.1 Å². The largest absolute Gasteiger partial charge is 0.480 e. The molecule has 1 fully saturated rings. The molecule has 5 aromatic rings. The summed E-state index contributed by atoms with van der Waals surface area (Å²) in [6.07, 6.45) is 0. The third-order valence-corrected chi connectivity index (χ3v) is 8.20. The number of aliphatic carboxylic acids is 1. The zero-order valence-electron chi connectivity index (χ0n) is 19.3. The Kier molecular flexibility index (Phi) is 5.72. The zero-order chi connectivity index (χ0) is 23.8. The van der Waals surface area contributed by atoms with Gasteiger partial charge in [-0.25, -0.2) is 0 Å². The predicted octanol–water partition coefficient (Wildman–Crippen LogP) is 6.67. The van der Waals surface area contributed by atoms with Gasteiger partial charge in [-0.05, 0) is 34.9 Å². The molecule has 0 amide bonds. The van der Waals surface area contributed by atoms with Crippen LogP contribution in [0.2, 0.25) is 0 Å². The van der Waals surface area contributed by atoms with E-state index in [4.69, 9.17) is 0 Å². The van der Waals surface area contributed by atoms with Crippen molar-refractivity contribution in [3.05, 3.63) is 103 Å². The molecule has 1 atom stereocenters. The van der Waals surface area contributed by atoms with Gasteiger partial charge in [0.1, 0.15) is 6.04 Å². The maximum Gasteiger partial charge on any atom is 0.325 e. The minimum Gasteiger partial charge on any atom is -0.480 e. The Balaban J connectivity index is 1.21. The molecule has 6 rings (SSSR count). The highest BCUT2D eigenvalue weighted by atomic mass is 32.1. The quantitative estimate of drug-likeness (QED) is 0.306. The van der Waals surface area contributed by atoms with Gasteiger partial charge in [0, 0.05) is 52.0 Å². The Morgan fingerprint density at radius 2 is 1.43 bits per heavy atom. The molecule has 0 bridgehead atoms. The van der Waals surface area contributed by atoms with E-state index in [9.17, 15) is 9.90 Å². The number of hydrogen-bond donors (Lipinski definition) is 1. The van der Waals surface area contributed by atoms with Gasteiger partial charge >= 0.3 is 5.97 Å². The first-order valence-corrected chi connectivity index (χ1v) is 12.8. The van der Waals surface area contributed by atoms with Gasteiger partial charge in [0.15, 0.2) is 0 Å². The van der Waals surface area contributed by atoms with Crippen LogP contribution < -0.4 is 4.90 Å².